The highest BCUT2D eigenvalue weighted by molar-refractivity contribution is 6.20. The maximum Gasteiger partial charge on any atom is 0.573 e. The first-order valence-electron chi connectivity index (χ1n) is 10.8. The number of anilines is 1. The van der Waals surface area contributed by atoms with E-state index >= 15 is 0 Å². The van der Waals surface area contributed by atoms with Crippen molar-refractivity contribution in [3.63, 3.8) is 0 Å². The van der Waals surface area contributed by atoms with Crippen LogP contribution in [0.2, 0.25) is 0 Å². The highest BCUT2D eigenvalue weighted by Crippen LogP contribution is 2.41. The van der Waals surface area contributed by atoms with E-state index in [2.05, 4.69) is 14.9 Å². The van der Waals surface area contributed by atoms with Crippen molar-refractivity contribution in [3.8, 4) is 11.5 Å². The molecule has 2 aromatic carbocycles. The molecule has 0 fully saturated rings. The number of benzene rings is 2. The molecule has 36 heavy (non-hydrogen) atoms. The van der Waals surface area contributed by atoms with Gasteiger partial charge in [0.25, 0.3) is 5.91 Å². The molecule has 4 rings (SSSR count). The number of aliphatic hydroxyl groups excluding tert-OH is 1. The molecule has 0 saturated carbocycles. The van der Waals surface area contributed by atoms with Crippen LogP contribution in [-0.2, 0) is 4.79 Å². The van der Waals surface area contributed by atoms with Crippen LogP contribution in [0.5, 0.6) is 11.5 Å². The first-order valence-corrected chi connectivity index (χ1v) is 10.8. The molecule has 0 bridgehead atoms. The van der Waals surface area contributed by atoms with Crippen LogP contribution in [0.3, 0.4) is 0 Å². The Labute approximate surface area is 203 Å². The number of Topliss-reactive ketones (excluding diaryl/α,β-unsaturated/α-hetero) is 1. The average molecular weight is 499 g/mol. The maximum absolute atomic E-state index is 13.5. The Morgan fingerprint density at radius 3 is 2.19 bits per heavy atom. The van der Waals surface area contributed by atoms with Gasteiger partial charge >= 0.3 is 6.36 Å². The van der Waals surface area contributed by atoms with Gasteiger partial charge in [-0.25, -0.2) is 0 Å². The summed E-state index contributed by atoms with van der Waals surface area (Å²) in [5.74, 6) is -2.24. The molecule has 1 aliphatic rings. The molecule has 11 heteroatoms. The van der Waals surface area contributed by atoms with Crippen LogP contribution < -0.4 is 14.4 Å². The van der Waals surface area contributed by atoms with Gasteiger partial charge in [0.1, 0.15) is 11.5 Å². The van der Waals surface area contributed by atoms with Crippen molar-refractivity contribution in [1.82, 2.24) is 10.2 Å². The summed E-state index contributed by atoms with van der Waals surface area (Å²) in [5, 5.41) is 18.7. The number of carbonyl (C=O) groups excluding carboxylic acids is 2. The fourth-order valence-corrected chi connectivity index (χ4v) is 3.79. The second-order valence-electron chi connectivity index (χ2n) is 7.78. The number of aliphatic hydroxyl groups is 1. The number of rotatable bonds is 7. The van der Waals surface area contributed by atoms with Crippen molar-refractivity contribution in [1.29, 1.82) is 0 Å². The molecular formula is C25H20F3N3O5. The molecule has 1 unspecified atom stereocenters. The van der Waals surface area contributed by atoms with Crippen molar-refractivity contribution >= 4 is 17.5 Å². The van der Waals surface area contributed by atoms with Crippen molar-refractivity contribution in [2.45, 2.75) is 26.3 Å². The Bertz CT molecular complexity index is 1300. The molecule has 0 aliphatic carbocycles. The van der Waals surface area contributed by atoms with E-state index in [0.717, 1.165) is 17.0 Å². The Balaban J connectivity index is 1.78. The lowest BCUT2D eigenvalue weighted by molar-refractivity contribution is -0.274. The van der Waals surface area contributed by atoms with Gasteiger partial charge in [-0.05, 0) is 67.9 Å². The third-order valence-electron chi connectivity index (χ3n) is 5.34. The van der Waals surface area contributed by atoms with Crippen molar-refractivity contribution < 1.29 is 37.3 Å². The summed E-state index contributed by atoms with van der Waals surface area (Å²) >= 11 is 0. The number of ketones is 1. The smallest absolute Gasteiger partial charge is 0.503 e. The first kappa shape index (κ1) is 24.7. The Hall–Kier alpha value is -4.41. The van der Waals surface area contributed by atoms with Gasteiger partial charge in [-0.2, -0.15) is 5.10 Å². The SMILES string of the molecule is CCOc1ccc(C(=O)C2=C(O)C(=O)N(c3ccc(C)nn3)C2c2ccc(OC(F)(F)F)cc2)cc1. The lowest BCUT2D eigenvalue weighted by atomic mass is 9.92. The molecule has 1 N–H and O–H groups in total. The van der Waals surface area contributed by atoms with Crippen LogP contribution in [0.15, 0.2) is 72.0 Å². The lowest BCUT2D eigenvalue weighted by Gasteiger charge is -2.25. The molecule has 1 atom stereocenters. The summed E-state index contributed by atoms with van der Waals surface area (Å²) < 4.78 is 47.1. The summed E-state index contributed by atoms with van der Waals surface area (Å²) in [6.07, 6.45) is -4.89. The largest absolute Gasteiger partial charge is 0.573 e. The number of nitrogens with zero attached hydrogens (tertiary/aromatic N) is 3. The fraction of sp³-hybridized carbons (Fsp3) is 0.200. The average Bonchev–Trinajstić information content (AvgIpc) is 3.10. The van der Waals surface area contributed by atoms with Gasteiger partial charge in [-0.3, -0.25) is 14.5 Å². The molecular weight excluding hydrogens is 479 g/mol. The number of aromatic nitrogens is 2. The van der Waals surface area contributed by atoms with Gasteiger partial charge in [0.15, 0.2) is 17.4 Å². The third kappa shape index (κ3) is 4.99. The molecule has 0 radical (unpaired) electrons. The minimum Gasteiger partial charge on any atom is -0.503 e. The number of ether oxygens (including phenoxy) is 2. The normalized spacial score (nSPS) is 15.9. The van der Waals surface area contributed by atoms with Gasteiger partial charge in [-0.1, -0.05) is 12.1 Å². The topological polar surface area (TPSA) is 102 Å². The van der Waals surface area contributed by atoms with E-state index in [4.69, 9.17) is 4.74 Å². The minimum absolute atomic E-state index is 0.0484. The van der Waals surface area contributed by atoms with E-state index in [0.29, 0.717) is 18.1 Å². The van der Waals surface area contributed by atoms with Gasteiger partial charge < -0.3 is 14.6 Å². The molecule has 1 aromatic heterocycles. The zero-order valence-electron chi connectivity index (χ0n) is 19.1. The number of amides is 1. The maximum atomic E-state index is 13.5. The second-order valence-corrected chi connectivity index (χ2v) is 7.78. The minimum atomic E-state index is -4.89. The number of hydrogen-bond donors (Lipinski definition) is 1. The Morgan fingerprint density at radius 1 is 1.00 bits per heavy atom. The number of hydrogen-bond acceptors (Lipinski definition) is 7. The van der Waals surface area contributed by atoms with Gasteiger partial charge in [0.2, 0.25) is 0 Å². The van der Waals surface area contributed by atoms with Crippen LogP contribution >= 0.6 is 0 Å². The van der Waals surface area contributed by atoms with Crippen LogP contribution in [-0.4, -0.2) is 40.0 Å². The summed E-state index contributed by atoms with van der Waals surface area (Å²) in [7, 11) is 0. The van der Waals surface area contributed by atoms with E-state index in [-0.39, 0.29) is 22.5 Å². The number of alkyl halides is 3. The highest BCUT2D eigenvalue weighted by atomic mass is 19.4. The van der Waals surface area contributed by atoms with Crippen molar-refractivity contribution in [2.75, 3.05) is 11.5 Å². The van der Waals surface area contributed by atoms with E-state index < -0.39 is 35.6 Å². The van der Waals surface area contributed by atoms with E-state index in [1.54, 1.807) is 25.1 Å². The van der Waals surface area contributed by atoms with Crippen molar-refractivity contribution in [2.24, 2.45) is 0 Å². The Kier molecular flexibility index (Phi) is 6.65. The number of halogens is 3. The number of carbonyl (C=O) groups is 2. The van der Waals surface area contributed by atoms with Crippen LogP contribution in [0.25, 0.3) is 0 Å². The van der Waals surface area contributed by atoms with Crippen LogP contribution in [0.1, 0.15) is 34.6 Å². The first-order chi connectivity index (χ1) is 17.1. The lowest BCUT2D eigenvalue weighted by Crippen LogP contribution is -2.32. The number of aryl methyl sites for hydroxylation is 1. The quantitative estimate of drug-likeness (QED) is 0.463. The van der Waals surface area contributed by atoms with Gasteiger partial charge in [0, 0.05) is 5.56 Å². The molecule has 2 heterocycles. The molecule has 0 spiro atoms. The molecule has 1 aliphatic heterocycles. The molecule has 1 amide bonds. The second kappa shape index (κ2) is 9.68. The predicted octanol–water partition coefficient (Wildman–Crippen LogP) is 4.87. The van der Waals surface area contributed by atoms with E-state index in [1.165, 1.54) is 30.3 Å². The molecule has 3 aromatic rings. The van der Waals surface area contributed by atoms with Crippen LogP contribution in [0, 0.1) is 6.92 Å². The van der Waals surface area contributed by atoms with E-state index in [9.17, 15) is 27.9 Å². The monoisotopic (exact) mass is 499 g/mol. The van der Waals surface area contributed by atoms with Crippen LogP contribution in [0.4, 0.5) is 19.0 Å². The van der Waals surface area contributed by atoms with Crippen molar-refractivity contribution in [3.05, 3.63) is 88.8 Å². The summed E-state index contributed by atoms with van der Waals surface area (Å²) in [4.78, 5) is 27.7. The highest BCUT2D eigenvalue weighted by Gasteiger charge is 2.45. The summed E-state index contributed by atoms with van der Waals surface area (Å²) in [6, 6.07) is 12.7. The fourth-order valence-electron chi connectivity index (χ4n) is 3.79. The zero-order chi connectivity index (χ0) is 26.0. The Morgan fingerprint density at radius 2 is 1.64 bits per heavy atom. The standard InChI is InChI=1S/C25H20F3N3O5/c1-3-35-17-9-7-16(8-10-17)22(32)20-21(15-5-11-18(12-6-15)36-25(26,27)28)31(24(34)23(20)33)19-13-4-14(2)29-30-19/h4-13,21,33H,3H2,1-2H3. The zero-order valence-corrected chi connectivity index (χ0v) is 19.1. The molecule has 186 valence electrons. The van der Waals surface area contributed by atoms with Gasteiger partial charge in [0.05, 0.1) is 23.9 Å². The predicted molar refractivity (Wildman–Crippen MR) is 122 cm³/mol. The molecule has 0 saturated heterocycles. The summed E-state index contributed by atoms with van der Waals surface area (Å²) in [5.41, 5.74) is 0.736. The van der Waals surface area contributed by atoms with Gasteiger partial charge in [-0.15, -0.1) is 18.3 Å². The third-order valence-corrected chi connectivity index (χ3v) is 5.34. The van der Waals surface area contributed by atoms with E-state index in [1.807, 2.05) is 6.92 Å². The summed E-state index contributed by atoms with van der Waals surface area (Å²) in [6.45, 7) is 3.93. The molecule has 8 nitrogen and oxygen atoms in total.